The monoisotopic (exact) mass is 325 g/mol. The molecule has 0 heterocycles. The van der Waals surface area contributed by atoms with E-state index >= 15 is 0 Å². The maximum absolute atomic E-state index is 12.2. The van der Waals surface area contributed by atoms with Crippen LogP contribution in [-0.2, 0) is 10.0 Å². The Kier molecular flexibility index (Phi) is 5.11. The Morgan fingerprint density at radius 3 is 2.24 bits per heavy atom. The normalized spacial score (nSPS) is 12.7. The SMILES string of the molecule is CN(CCC(F)(F)F)c1cccc(S(=O)(=O)N(C)C)c1N. The molecule has 0 unspecified atom stereocenters. The molecule has 0 saturated heterocycles. The topological polar surface area (TPSA) is 66.6 Å². The largest absolute Gasteiger partial charge is 0.396 e. The smallest absolute Gasteiger partial charge is 0.390 e. The van der Waals surface area contributed by atoms with Crippen LogP contribution in [0.15, 0.2) is 23.1 Å². The predicted octanol–water partition coefficient (Wildman–Crippen LogP) is 1.91. The quantitative estimate of drug-likeness (QED) is 0.840. The van der Waals surface area contributed by atoms with E-state index in [1.807, 2.05) is 0 Å². The van der Waals surface area contributed by atoms with Crippen molar-refractivity contribution in [2.45, 2.75) is 17.5 Å². The van der Waals surface area contributed by atoms with E-state index in [0.29, 0.717) is 0 Å². The second kappa shape index (κ2) is 6.10. The molecule has 0 aliphatic carbocycles. The van der Waals surface area contributed by atoms with Gasteiger partial charge in [-0.05, 0) is 12.1 Å². The number of hydrogen-bond acceptors (Lipinski definition) is 4. The highest BCUT2D eigenvalue weighted by Gasteiger charge is 2.28. The first-order valence-electron chi connectivity index (χ1n) is 6.05. The Morgan fingerprint density at radius 1 is 1.19 bits per heavy atom. The van der Waals surface area contributed by atoms with E-state index in [4.69, 9.17) is 5.73 Å². The van der Waals surface area contributed by atoms with Crippen LogP contribution in [0.25, 0.3) is 0 Å². The van der Waals surface area contributed by atoms with Gasteiger partial charge in [0.2, 0.25) is 10.0 Å². The van der Waals surface area contributed by atoms with Crippen LogP contribution in [0.5, 0.6) is 0 Å². The average molecular weight is 325 g/mol. The van der Waals surface area contributed by atoms with Crippen LogP contribution in [-0.4, -0.2) is 46.6 Å². The Bertz CT molecular complexity index is 600. The summed E-state index contributed by atoms with van der Waals surface area (Å²) in [4.78, 5) is 1.17. The minimum atomic E-state index is -4.28. The molecule has 0 bridgehead atoms. The lowest BCUT2D eigenvalue weighted by molar-refractivity contribution is -0.132. The van der Waals surface area contributed by atoms with Gasteiger partial charge in [0.15, 0.2) is 0 Å². The van der Waals surface area contributed by atoms with Crippen molar-refractivity contribution in [2.75, 3.05) is 38.3 Å². The van der Waals surface area contributed by atoms with E-state index < -0.39 is 22.6 Å². The fourth-order valence-electron chi connectivity index (χ4n) is 1.70. The van der Waals surface area contributed by atoms with E-state index in [9.17, 15) is 21.6 Å². The summed E-state index contributed by atoms with van der Waals surface area (Å²) in [7, 11) is 0.398. The zero-order valence-electron chi connectivity index (χ0n) is 12.0. The molecule has 0 fully saturated rings. The average Bonchev–Trinajstić information content (AvgIpc) is 2.34. The minimum absolute atomic E-state index is 0.0594. The van der Waals surface area contributed by atoms with Gasteiger partial charge in [-0.1, -0.05) is 6.07 Å². The number of sulfonamides is 1. The maximum atomic E-state index is 12.2. The van der Waals surface area contributed by atoms with Crippen molar-refractivity contribution in [2.24, 2.45) is 0 Å². The van der Waals surface area contributed by atoms with Gasteiger partial charge in [-0.3, -0.25) is 0 Å². The zero-order chi connectivity index (χ0) is 16.4. The molecular weight excluding hydrogens is 307 g/mol. The van der Waals surface area contributed by atoms with Crippen LogP contribution in [0.3, 0.4) is 0 Å². The molecule has 0 aromatic heterocycles. The molecule has 0 radical (unpaired) electrons. The molecule has 120 valence electrons. The number of benzene rings is 1. The molecule has 0 saturated carbocycles. The van der Waals surface area contributed by atoms with Crippen LogP contribution >= 0.6 is 0 Å². The number of hydrogen-bond donors (Lipinski definition) is 1. The summed E-state index contributed by atoms with van der Waals surface area (Å²) in [6.45, 7) is -0.306. The number of rotatable bonds is 5. The third-order valence-electron chi connectivity index (χ3n) is 2.94. The highest BCUT2D eigenvalue weighted by molar-refractivity contribution is 7.89. The first-order chi connectivity index (χ1) is 9.47. The Hall–Kier alpha value is -1.48. The number of para-hydroxylation sites is 1. The number of nitrogens with zero attached hydrogens (tertiary/aromatic N) is 2. The van der Waals surface area contributed by atoms with Gasteiger partial charge >= 0.3 is 6.18 Å². The molecule has 1 rings (SSSR count). The molecule has 9 heteroatoms. The van der Waals surface area contributed by atoms with Crippen LogP contribution in [0.1, 0.15) is 6.42 Å². The van der Waals surface area contributed by atoms with Gasteiger partial charge in [0.05, 0.1) is 17.8 Å². The standard InChI is InChI=1S/C12H18F3N3O2S/c1-17(2)21(19,20)10-6-4-5-9(11(10)16)18(3)8-7-12(13,14)15/h4-6H,7-8,16H2,1-3H3. The van der Waals surface area contributed by atoms with Crippen molar-refractivity contribution in [3.05, 3.63) is 18.2 Å². The summed E-state index contributed by atoms with van der Waals surface area (Å²) < 4.78 is 61.9. The van der Waals surface area contributed by atoms with Crippen LogP contribution in [0, 0.1) is 0 Å². The highest BCUT2D eigenvalue weighted by Crippen LogP contribution is 2.31. The van der Waals surface area contributed by atoms with Gasteiger partial charge in [-0.2, -0.15) is 13.2 Å². The first-order valence-corrected chi connectivity index (χ1v) is 7.49. The minimum Gasteiger partial charge on any atom is -0.396 e. The molecule has 1 aromatic rings. The third-order valence-corrected chi connectivity index (χ3v) is 4.82. The lowest BCUT2D eigenvalue weighted by Crippen LogP contribution is -2.27. The molecule has 21 heavy (non-hydrogen) atoms. The maximum Gasteiger partial charge on any atom is 0.390 e. The van der Waals surface area contributed by atoms with Crippen molar-refractivity contribution in [1.82, 2.24) is 4.31 Å². The Morgan fingerprint density at radius 2 is 1.76 bits per heavy atom. The lowest BCUT2D eigenvalue weighted by Gasteiger charge is -2.23. The Balaban J connectivity index is 3.12. The van der Waals surface area contributed by atoms with Gasteiger partial charge in [0.1, 0.15) is 4.90 Å². The molecule has 1 aromatic carbocycles. The molecule has 0 amide bonds. The van der Waals surface area contributed by atoms with E-state index in [-0.39, 0.29) is 22.8 Å². The molecule has 5 nitrogen and oxygen atoms in total. The van der Waals surface area contributed by atoms with Gasteiger partial charge in [0.25, 0.3) is 0 Å². The summed E-state index contributed by atoms with van der Waals surface area (Å²) in [5.74, 6) is 0. The van der Waals surface area contributed by atoms with Gasteiger partial charge in [0, 0.05) is 27.7 Å². The van der Waals surface area contributed by atoms with Crippen LogP contribution in [0.4, 0.5) is 24.5 Å². The number of anilines is 2. The molecule has 0 spiro atoms. The molecule has 2 N–H and O–H groups in total. The van der Waals surface area contributed by atoms with Gasteiger partial charge in [-0.25, -0.2) is 12.7 Å². The summed E-state index contributed by atoms with van der Waals surface area (Å²) >= 11 is 0. The number of alkyl halides is 3. The van der Waals surface area contributed by atoms with E-state index in [1.165, 1.54) is 44.2 Å². The zero-order valence-corrected chi connectivity index (χ0v) is 12.8. The van der Waals surface area contributed by atoms with E-state index in [1.54, 1.807) is 0 Å². The van der Waals surface area contributed by atoms with Gasteiger partial charge < -0.3 is 10.6 Å². The Labute approximate surface area is 122 Å². The van der Waals surface area contributed by atoms with E-state index in [0.717, 1.165) is 4.31 Å². The van der Waals surface area contributed by atoms with Crippen LogP contribution in [0.2, 0.25) is 0 Å². The van der Waals surface area contributed by atoms with Crippen LogP contribution < -0.4 is 10.6 Å². The molecular formula is C12H18F3N3O2S. The molecule has 0 aliphatic rings. The van der Waals surface area contributed by atoms with Crippen molar-refractivity contribution < 1.29 is 21.6 Å². The summed E-state index contributed by atoms with van der Waals surface area (Å²) in [6, 6.07) is 4.26. The number of nitrogen functional groups attached to an aromatic ring is 1. The molecule has 0 aliphatic heterocycles. The summed E-state index contributed by atoms with van der Waals surface area (Å²) in [5, 5.41) is 0. The second-order valence-corrected chi connectivity index (χ2v) is 6.88. The highest BCUT2D eigenvalue weighted by atomic mass is 32.2. The predicted molar refractivity (Wildman–Crippen MR) is 75.7 cm³/mol. The van der Waals surface area contributed by atoms with Crippen molar-refractivity contribution in [3.63, 3.8) is 0 Å². The fourth-order valence-corrected chi connectivity index (χ4v) is 2.73. The third kappa shape index (κ3) is 4.24. The molecule has 0 atom stereocenters. The first kappa shape index (κ1) is 17.6. The van der Waals surface area contributed by atoms with Crippen molar-refractivity contribution in [1.29, 1.82) is 0 Å². The van der Waals surface area contributed by atoms with E-state index in [2.05, 4.69) is 0 Å². The summed E-state index contributed by atoms with van der Waals surface area (Å²) in [5.41, 5.74) is 6.01. The lowest BCUT2D eigenvalue weighted by atomic mass is 10.2. The van der Waals surface area contributed by atoms with Gasteiger partial charge in [-0.15, -0.1) is 0 Å². The number of nitrogens with two attached hydrogens (primary N) is 1. The van der Waals surface area contributed by atoms with Crippen molar-refractivity contribution in [3.8, 4) is 0 Å². The second-order valence-electron chi connectivity index (χ2n) is 4.76. The summed E-state index contributed by atoms with van der Waals surface area (Å²) in [6.07, 6.45) is -5.29. The fraction of sp³-hybridized carbons (Fsp3) is 0.500. The number of halogens is 3. The van der Waals surface area contributed by atoms with Crippen molar-refractivity contribution >= 4 is 21.4 Å².